The Bertz CT molecular complexity index is 1350. The molecule has 0 bridgehead atoms. The third-order valence-electron chi connectivity index (χ3n) is 5.53. The van der Waals surface area contributed by atoms with Crippen LogP contribution in [0.5, 0.6) is 0 Å². The molecule has 1 aliphatic rings. The van der Waals surface area contributed by atoms with Crippen molar-refractivity contribution in [3.8, 4) is 0 Å². The first-order chi connectivity index (χ1) is 16.1. The van der Waals surface area contributed by atoms with Gasteiger partial charge in [0.05, 0.1) is 22.6 Å². The number of nitrogens with one attached hydrogen (secondary N) is 1. The molecule has 1 atom stereocenters. The lowest BCUT2D eigenvalue weighted by molar-refractivity contribution is -0.384. The largest absolute Gasteiger partial charge is 0.333 e. The fraction of sp³-hybridized carbons (Fsp3) is 0.0800. The molecular formula is C25H19N5O3. The van der Waals surface area contributed by atoms with Gasteiger partial charge in [-0.1, -0.05) is 42.5 Å². The van der Waals surface area contributed by atoms with E-state index in [1.54, 1.807) is 18.6 Å². The van der Waals surface area contributed by atoms with Crippen molar-refractivity contribution in [1.29, 1.82) is 0 Å². The van der Waals surface area contributed by atoms with Crippen molar-refractivity contribution in [2.45, 2.75) is 12.5 Å². The number of non-ortho nitro benzene ring substituents is 1. The van der Waals surface area contributed by atoms with Crippen LogP contribution in [0.1, 0.15) is 22.6 Å². The average molecular weight is 437 g/mol. The number of aromatic nitrogens is 2. The third kappa shape index (κ3) is 4.14. The first-order valence-corrected chi connectivity index (χ1v) is 10.4. The number of nitro benzene ring substituents is 1. The van der Waals surface area contributed by atoms with Crippen LogP contribution in [-0.2, 0) is 11.3 Å². The minimum atomic E-state index is -0.757. The van der Waals surface area contributed by atoms with Gasteiger partial charge in [0.1, 0.15) is 5.92 Å². The zero-order valence-electron chi connectivity index (χ0n) is 17.5. The highest BCUT2D eigenvalue weighted by Crippen LogP contribution is 2.38. The van der Waals surface area contributed by atoms with E-state index in [0.717, 1.165) is 11.1 Å². The van der Waals surface area contributed by atoms with Crippen molar-refractivity contribution < 1.29 is 9.72 Å². The predicted molar refractivity (Wildman–Crippen MR) is 125 cm³/mol. The zero-order valence-corrected chi connectivity index (χ0v) is 17.5. The third-order valence-corrected chi connectivity index (χ3v) is 5.53. The number of anilines is 1. The molecule has 0 aliphatic carbocycles. The van der Waals surface area contributed by atoms with Gasteiger partial charge in [-0.25, -0.2) is 4.98 Å². The maximum Gasteiger partial charge on any atom is 0.269 e. The number of imidazole rings is 1. The van der Waals surface area contributed by atoms with Gasteiger partial charge in [0.15, 0.2) is 0 Å². The van der Waals surface area contributed by atoms with Crippen molar-refractivity contribution in [1.82, 2.24) is 9.55 Å². The van der Waals surface area contributed by atoms with E-state index >= 15 is 0 Å². The number of rotatable bonds is 6. The van der Waals surface area contributed by atoms with Crippen LogP contribution in [0.2, 0.25) is 0 Å². The van der Waals surface area contributed by atoms with Gasteiger partial charge in [0, 0.05) is 42.3 Å². The second kappa shape index (κ2) is 8.51. The van der Waals surface area contributed by atoms with Crippen LogP contribution in [0.4, 0.5) is 17.1 Å². The highest BCUT2D eigenvalue weighted by molar-refractivity contribution is 6.24. The zero-order chi connectivity index (χ0) is 22.8. The average Bonchev–Trinajstić information content (AvgIpc) is 3.45. The number of nitro groups is 1. The van der Waals surface area contributed by atoms with E-state index in [0.29, 0.717) is 29.2 Å². The van der Waals surface area contributed by atoms with E-state index in [1.807, 2.05) is 65.4 Å². The highest BCUT2D eigenvalue weighted by Gasteiger charge is 2.36. The lowest BCUT2D eigenvalue weighted by Gasteiger charge is -2.14. The lowest BCUT2D eigenvalue weighted by atomic mass is 9.90. The van der Waals surface area contributed by atoms with Gasteiger partial charge in [-0.15, -0.1) is 0 Å². The molecule has 0 spiro atoms. The first-order valence-electron chi connectivity index (χ1n) is 10.4. The number of hydrogen-bond acceptors (Lipinski definition) is 5. The Morgan fingerprint density at radius 3 is 2.58 bits per heavy atom. The molecule has 1 N–H and O–H groups in total. The molecule has 0 saturated carbocycles. The summed E-state index contributed by atoms with van der Waals surface area (Å²) in [7, 11) is 0. The summed E-state index contributed by atoms with van der Waals surface area (Å²) in [5.74, 6) is -1.02. The second-order valence-corrected chi connectivity index (χ2v) is 7.72. The summed E-state index contributed by atoms with van der Waals surface area (Å²) in [6.45, 7) is 0.692. The maximum atomic E-state index is 13.0. The molecule has 2 heterocycles. The van der Waals surface area contributed by atoms with Crippen LogP contribution in [0.15, 0.2) is 96.5 Å². The van der Waals surface area contributed by atoms with Crippen LogP contribution in [-0.4, -0.2) is 26.1 Å². The van der Waals surface area contributed by atoms with Crippen LogP contribution >= 0.6 is 0 Å². The van der Waals surface area contributed by atoms with Crippen LogP contribution < -0.4 is 5.32 Å². The van der Waals surface area contributed by atoms with Gasteiger partial charge in [0.25, 0.3) is 5.69 Å². The number of carbonyl (C=O) groups is 1. The second-order valence-electron chi connectivity index (χ2n) is 7.72. The Morgan fingerprint density at radius 2 is 1.88 bits per heavy atom. The van der Waals surface area contributed by atoms with Crippen LogP contribution in [0.25, 0.3) is 0 Å². The van der Waals surface area contributed by atoms with Crippen molar-refractivity contribution in [2.24, 2.45) is 4.99 Å². The molecule has 3 aromatic carbocycles. The van der Waals surface area contributed by atoms with E-state index in [1.165, 1.54) is 12.1 Å². The monoisotopic (exact) mass is 437 g/mol. The SMILES string of the molecule is O=C1Nc2ccc([N+](=O)[O-])cc2C1C(=Nc1ccc(Cn2ccnc2)cc1)c1ccccc1. The van der Waals surface area contributed by atoms with E-state index in [-0.39, 0.29) is 11.6 Å². The van der Waals surface area contributed by atoms with Crippen LogP contribution in [0.3, 0.4) is 0 Å². The molecule has 162 valence electrons. The topological polar surface area (TPSA) is 102 Å². The molecule has 1 aromatic heterocycles. The van der Waals surface area contributed by atoms with Crippen molar-refractivity contribution in [3.63, 3.8) is 0 Å². The molecule has 0 fully saturated rings. The summed E-state index contributed by atoms with van der Waals surface area (Å²) >= 11 is 0. The molecule has 8 heteroatoms. The Morgan fingerprint density at radius 1 is 1.09 bits per heavy atom. The number of benzene rings is 3. The van der Waals surface area contributed by atoms with Gasteiger partial charge in [-0.2, -0.15) is 0 Å². The van der Waals surface area contributed by atoms with Crippen molar-refractivity contribution in [2.75, 3.05) is 5.32 Å². The van der Waals surface area contributed by atoms with E-state index < -0.39 is 10.8 Å². The molecule has 1 amide bonds. The van der Waals surface area contributed by atoms with Gasteiger partial charge >= 0.3 is 0 Å². The first kappa shape index (κ1) is 20.3. The van der Waals surface area contributed by atoms with E-state index in [2.05, 4.69) is 10.3 Å². The number of fused-ring (bicyclic) bond motifs is 1. The number of aliphatic imine (C=N–C) groups is 1. The minimum absolute atomic E-state index is 0.0634. The Balaban J connectivity index is 1.55. The Hall–Kier alpha value is -4.59. The molecule has 5 rings (SSSR count). The number of amides is 1. The Kier molecular flexibility index (Phi) is 5.24. The number of carbonyl (C=O) groups excluding carboxylic acids is 1. The molecule has 4 aromatic rings. The summed E-state index contributed by atoms with van der Waals surface area (Å²) in [4.78, 5) is 32.7. The molecular weight excluding hydrogens is 418 g/mol. The van der Waals surface area contributed by atoms with Crippen LogP contribution in [0, 0.1) is 10.1 Å². The van der Waals surface area contributed by atoms with Crippen molar-refractivity contribution >= 4 is 28.7 Å². The van der Waals surface area contributed by atoms with Gasteiger partial charge in [-0.05, 0) is 29.3 Å². The summed E-state index contributed by atoms with van der Waals surface area (Å²) in [5, 5.41) is 14.2. The molecule has 0 saturated heterocycles. The summed E-state index contributed by atoms with van der Waals surface area (Å²) in [5.41, 5.74) is 4.15. The summed E-state index contributed by atoms with van der Waals surface area (Å²) in [6.07, 6.45) is 5.39. The molecule has 1 unspecified atom stereocenters. The fourth-order valence-electron chi connectivity index (χ4n) is 3.94. The summed E-state index contributed by atoms with van der Waals surface area (Å²) in [6, 6.07) is 21.6. The molecule has 8 nitrogen and oxygen atoms in total. The Labute approximate surface area is 189 Å². The predicted octanol–water partition coefficient (Wildman–Crippen LogP) is 4.70. The fourth-order valence-corrected chi connectivity index (χ4v) is 3.94. The lowest BCUT2D eigenvalue weighted by Crippen LogP contribution is -2.22. The quantitative estimate of drug-likeness (QED) is 0.268. The van der Waals surface area contributed by atoms with Crippen molar-refractivity contribution in [3.05, 3.63) is 118 Å². The van der Waals surface area contributed by atoms with E-state index in [4.69, 9.17) is 4.99 Å². The number of hydrogen-bond donors (Lipinski definition) is 1. The molecule has 1 aliphatic heterocycles. The minimum Gasteiger partial charge on any atom is -0.333 e. The normalized spacial score (nSPS) is 15.2. The summed E-state index contributed by atoms with van der Waals surface area (Å²) < 4.78 is 1.97. The standard InChI is InChI=1S/C25H19N5O3/c31-25-23(21-14-20(30(32)33)10-11-22(21)28-25)24(18-4-2-1-3-5-18)27-19-8-6-17(7-9-19)15-29-13-12-26-16-29/h1-14,16,23H,15H2,(H,28,31). The maximum absolute atomic E-state index is 13.0. The highest BCUT2D eigenvalue weighted by atomic mass is 16.6. The van der Waals surface area contributed by atoms with Gasteiger partial charge in [0.2, 0.25) is 5.91 Å². The van der Waals surface area contributed by atoms with Gasteiger partial charge < -0.3 is 9.88 Å². The smallest absolute Gasteiger partial charge is 0.269 e. The van der Waals surface area contributed by atoms with E-state index in [9.17, 15) is 14.9 Å². The van der Waals surface area contributed by atoms with Gasteiger partial charge in [-0.3, -0.25) is 19.9 Å². The molecule has 33 heavy (non-hydrogen) atoms. The molecule has 0 radical (unpaired) electrons. The number of nitrogens with zero attached hydrogens (tertiary/aromatic N) is 4.